The van der Waals surface area contributed by atoms with Gasteiger partial charge in [0.1, 0.15) is 5.75 Å². The van der Waals surface area contributed by atoms with E-state index in [1.807, 2.05) is 36.4 Å². The molecule has 0 aromatic heterocycles. The van der Waals surface area contributed by atoms with E-state index in [9.17, 15) is 4.79 Å². The second-order valence-corrected chi connectivity index (χ2v) is 6.76. The number of rotatable bonds is 7. The molecular weight excluding hydrogens is 312 g/mol. The molecule has 4 heteroatoms. The first-order valence-electron chi connectivity index (χ1n) is 9.42. The Morgan fingerprint density at radius 1 is 1.00 bits per heavy atom. The molecule has 1 N–H and O–H groups in total. The van der Waals surface area contributed by atoms with Gasteiger partial charge in [-0.15, -0.1) is 0 Å². The van der Waals surface area contributed by atoms with Gasteiger partial charge in [0.25, 0.3) is 5.91 Å². The van der Waals surface area contributed by atoms with Crippen LogP contribution in [0, 0.1) is 0 Å². The fourth-order valence-electron chi connectivity index (χ4n) is 3.35. The molecule has 3 rings (SSSR count). The molecule has 0 unspecified atom stereocenters. The number of hydrogen-bond donors (Lipinski definition) is 1. The predicted octanol–water partition coefficient (Wildman–Crippen LogP) is 3.60. The van der Waals surface area contributed by atoms with E-state index in [1.54, 1.807) is 0 Å². The average Bonchev–Trinajstić information content (AvgIpc) is 2.92. The number of amides is 1. The van der Waals surface area contributed by atoms with Gasteiger partial charge in [0.15, 0.2) is 6.61 Å². The first-order valence-corrected chi connectivity index (χ1v) is 9.42. The molecule has 0 saturated carbocycles. The molecule has 4 nitrogen and oxygen atoms in total. The van der Waals surface area contributed by atoms with Crippen LogP contribution in [-0.4, -0.2) is 43.6 Å². The fourth-order valence-corrected chi connectivity index (χ4v) is 3.35. The smallest absolute Gasteiger partial charge is 0.257 e. The first-order chi connectivity index (χ1) is 12.3. The Hall–Kier alpha value is -2.07. The van der Waals surface area contributed by atoms with Gasteiger partial charge in [0, 0.05) is 6.54 Å². The second-order valence-electron chi connectivity index (χ2n) is 6.76. The van der Waals surface area contributed by atoms with Crippen LogP contribution in [0.3, 0.4) is 0 Å². The fraction of sp³-hybridized carbons (Fsp3) is 0.476. The summed E-state index contributed by atoms with van der Waals surface area (Å²) in [5.74, 6) is 0.683. The number of carbonyl (C=O) groups excluding carboxylic acids is 1. The monoisotopic (exact) mass is 340 g/mol. The number of nitrogens with zero attached hydrogens (tertiary/aromatic N) is 1. The van der Waals surface area contributed by atoms with E-state index >= 15 is 0 Å². The van der Waals surface area contributed by atoms with Gasteiger partial charge in [-0.1, -0.05) is 43.2 Å². The molecule has 1 fully saturated rings. The molecule has 0 spiro atoms. The molecule has 1 aliphatic rings. The van der Waals surface area contributed by atoms with Crippen LogP contribution in [0.15, 0.2) is 42.5 Å². The SMILES string of the molecule is O=C(COc1ccc2ccccc2c1)NCCCN1CCCCCC1. The quantitative estimate of drug-likeness (QED) is 0.783. The van der Waals surface area contributed by atoms with Crippen molar-refractivity contribution in [2.24, 2.45) is 0 Å². The van der Waals surface area contributed by atoms with E-state index < -0.39 is 0 Å². The molecule has 0 atom stereocenters. The molecule has 1 saturated heterocycles. The minimum absolute atomic E-state index is 0.0518. The summed E-state index contributed by atoms with van der Waals surface area (Å²) in [7, 11) is 0. The molecule has 2 aromatic rings. The zero-order valence-electron chi connectivity index (χ0n) is 14.9. The minimum atomic E-state index is -0.0518. The van der Waals surface area contributed by atoms with Crippen LogP contribution in [0.5, 0.6) is 5.75 Å². The molecule has 0 radical (unpaired) electrons. The maximum Gasteiger partial charge on any atom is 0.257 e. The van der Waals surface area contributed by atoms with Gasteiger partial charge in [-0.2, -0.15) is 0 Å². The van der Waals surface area contributed by atoms with Crippen LogP contribution >= 0.6 is 0 Å². The topological polar surface area (TPSA) is 41.6 Å². The van der Waals surface area contributed by atoms with E-state index in [-0.39, 0.29) is 12.5 Å². The van der Waals surface area contributed by atoms with Crippen molar-refractivity contribution in [2.75, 3.05) is 32.8 Å². The van der Waals surface area contributed by atoms with Crippen molar-refractivity contribution in [2.45, 2.75) is 32.1 Å². The summed E-state index contributed by atoms with van der Waals surface area (Å²) in [6.07, 6.45) is 6.35. The predicted molar refractivity (Wildman–Crippen MR) is 102 cm³/mol. The number of nitrogens with one attached hydrogen (secondary N) is 1. The van der Waals surface area contributed by atoms with Crippen molar-refractivity contribution in [3.63, 3.8) is 0 Å². The second kappa shape index (κ2) is 9.42. The Balaban J connectivity index is 1.34. The van der Waals surface area contributed by atoms with E-state index in [2.05, 4.69) is 16.3 Å². The van der Waals surface area contributed by atoms with E-state index in [0.717, 1.165) is 30.6 Å². The lowest BCUT2D eigenvalue weighted by Crippen LogP contribution is -2.33. The summed E-state index contributed by atoms with van der Waals surface area (Å²) in [6.45, 7) is 4.28. The van der Waals surface area contributed by atoms with Gasteiger partial charge in [0.2, 0.25) is 0 Å². The summed E-state index contributed by atoms with van der Waals surface area (Å²) in [5, 5.41) is 5.25. The van der Waals surface area contributed by atoms with E-state index in [0.29, 0.717) is 0 Å². The van der Waals surface area contributed by atoms with Crippen LogP contribution in [0.4, 0.5) is 0 Å². The normalized spacial score (nSPS) is 15.7. The lowest BCUT2D eigenvalue weighted by Gasteiger charge is -2.19. The standard InChI is InChI=1S/C21H28N2O2/c24-21(22-12-7-15-23-13-5-1-2-6-14-23)17-25-20-11-10-18-8-3-4-9-19(18)16-20/h3-4,8-11,16H,1-2,5-7,12-15,17H2,(H,22,24). The molecule has 134 valence electrons. The highest BCUT2D eigenvalue weighted by Gasteiger charge is 2.08. The largest absolute Gasteiger partial charge is 0.484 e. The Kier molecular flexibility index (Phi) is 6.69. The number of hydrogen-bond acceptors (Lipinski definition) is 3. The van der Waals surface area contributed by atoms with Crippen LogP contribution in [0.25, 0.3) is 10.8 Å². The highest BCUT2D eigenvalue weighted by atomic mass is 16.5. The zero-order chi connectivity index (χ0) is 17.3. The van der Waals surface area contributed by atoms with E-state index in [4.69, 9.17) is 4.74 Å². The van der Waals surface area contributed by atoms with Crippen LogP contribution in [0.2, 0.25) is 0 Å². The first kappa shape index (κ1) is 17.7. The number of ether oxygens (including phenoxy) is 1. The van der Waals surface area contributed by atoms with Crippen LogP contribution in [0.1, 0.15) is 32.1 Å². The Bertz CT molecular complexity index is 678. The average molecular weight is 340 g/mol. The van der Waals surface area contributed by atoms with Gasteiger partial charge >= 0.3 is 0 Å². The Morgan fingerprint density at radius 2 is 1.76 bits per heavy atom. The van der Waals surface area contributed by atoms with E-state index in [1.165, 1.54) is 44.2 Å². The summed E-state index contributed by atoms with van der Waals surface area (Å²) in [5.41, 5.74) is 0. The molecule has 1 heterocycles. The lowest BCUT2D eigenvalue weighted by atomic mass is 10.1. The third-order valence-electron chi connectivity index (χ3n) is 4.76. The number of benzene rings is 2. The molecule has 0 bridgehead atoms. The maximum absolute atomic E-state index is 11.9. The van der Waals surface area contributed by atoms with Gasteiger partial charge < -0.3 is 15.0 Å². The van der Waals surface area contributed by atoms with Gasteiger partial charge in [-0.25, -0.2) is 0 Å². The zero-order valence-corrected chi connectivity index (χ0v) is 14.9. The van der Waals surface area contributed by atoms with Crippen molar-refractivity contribution in [1.82, 2.24) is 10.2 Å². The van der Waals surface area contributed by atoms with Gasteiger partial charge in [-0.05, 0) is 61.8 Å². The number of carbonyl (C=O) groups is 1. The Labute approximate surface area is 150 Å². The summed E-state index contributed by atoms with van der Waals surface area (Å²) >= 11 is 0. The molecule has 2 aromatic carbocycles. The van der Waals surface area contributed by atoms with Gasteiger partial charge in [-0.3, -0.25) is 4.79 Å². The van der Waals surface area contributed by atoms with Crippen LogP contribution < -0.4 is 10.1 Å². The molecule has 0 aliphatic carbocycles. The molecule has 25 heavy (non-hydrogen) atoms. The highest BCUT2D eigenvalue weighted by molar-refractivity contribution is 5.84. The number of fused-ring (bicyclic) bond motifs is 1. The van der Waals surface area contributed by atoms with Crippen LogP contribution in [-0.2, 0) is 4.79 Å². The maximum atomic E-state index is 11.9. The van der Waals surface area contributed by atoms with Gasteiger partial charge in [0.05, 0.1) is 0 Å². The molecular formula is C21H28N2O2. The third-order valence-corrected chi connectivity index (χ3v) is 4.76. The number of likely N-dealkylation sites (tertiary alicyclic amines) is 1. The van der Waals surface area contributed by atoms with Crippen molar-refractivity contribution in [3.05, 3.63) is 42.5 Å². The van der Waals surface area contributed by atoms with Crippen molar-refractivity contribution >= 4 is 16.7 Å². The molecule has 1 amide bonds. The lowest BCUT2D eigenvalue weighted by molar-refractivity contribution is -0.123. The van der Waals surface area contributed by atoms with Crippen molar-refractivity contribution in [3.8, 4) is 5.75 Å². The van der Waals surface area contributed by atoms with Crippen molar-refractivity contribution < 1.29 is 9.53 Å². The molecule has 1 aliphatic heterocycles. The highest BCUT2D eigenvalue weighted by Crippen LogP contribution is 2.20. The van der Waals surface area contributed by atoms with Crippen molar-refractivity contribution in [1.29, 1.82) is 0 Å². The summed E-state index contributed by atoms with van der Waals surface area (Å²) in [4.78, 5) is 14.5. The minimum Gasteiger partial charge on any atom is -0.484 e. The third kappa shape index (κ3) is 5.75. The summed E-state index contributed by atoms with van der Waals surface area (Å²) in [6, 6.07) is 14.0. The Morgan fingerprint density at radius 3 is 2.56 bits per heavy atom. The summed E-state index contributed by atoms with van der Waals surface area (Å²) < 4.78 is 5.62.